The van der Waals surface area contributed by atoms with Crippen molar-refractivity contribution < 1.29 is 9.18 Å². The Hall–Kier alpha value is -3.36. The number of alkyl halides is 1. The number of carbonyl (C=O) groups excluding carboxylic acids is 1. The quantitative estimate of drug-likeness (QED) is 0.660. The van der Waals surface area contributed by atoms with Gasteiger partial charge in [-0.3, -0.25) is 14.5 Å². The maximum absolute atomic E-state index is 13.0. The first-order chi connectivity index (χ1) is 14.5. The van der Waals surface area contributed by atoms with Crippen LogP contribution in [0.2, 0.25) is 0 Å². The predicted molar refractivity (Wildman–Crippen MR) is 109 cm³/mol. The van der Waals surface area contributed by atoms with Gasteiger partial charge in [0.05, 0.1) is 18.8 Å². The van der Waals surface area contributed by atoms with Crippen molar-refractivity contribution in [2.45, 2.75) is 26.1 Å². The molecule has 8 nitrogen and oxygen atoms in total. The number of anilines is 1. The van der Waals surface area contributed by atoms with Gasteiger partial charge in [-0.2, -0.15) is 5.10 Å². The van der Waals surface area contributed by atoms with E-state index in [9.17, 15) is 9.18 Å². The summed E-state index contributed by atoms with van der Waals surface area (Å²) in [6.45, 7) is 3.65. The normalized spacial score (nSPS) is 16.4. The fourth-order valence-corrected chi connectivity index (χ4v) is 4.05. The predicted octanol–water partition coefficient (Wildman–Crippen LogP) is 1.94. The molecule has 9 heteroatoms. The van der Waals surface area contributed by atoms with E-state index in [4.69, 9.17) is 0 Å². The van der Waals surface area contributed by atoms with Gasteiger partial charge < -0.3 is 9.80 Å². The molecule has 0 aromatic carbocycles. The Balaban J connectivity index is 1.38. The van der Waals surface area contributed by atoms with Crippen molar-refractivity contribution in [3.63, 3.8) is 0 Å². The Kier molecular flexibility index (Phi) is 4.45. The average molecular weight is 407 g/mol. The number of aryl methyl sites for hydroxylation is 2. The minimum atomic E-state index is -0.930. The number of halogens is 1. The maximum Gasteiger partial charge on any atom is 0.274 e. The Morgan fingerprint density at radius 1 is 1.23 bits per heavy atom. The number of likely N-dealkylation sites (tertiary alicyclic amines) is 1. The molecule has 0 bridgehead atoms. The first kappa shape index (κ1) is 18.7. The zero-order chi connectivity index (χ0) is 20.8. The zero-order valence-corrected chi connectivity index (χ0v) is 16.9. The largest absolute Gasteiger partial charge is 0.350 e. The number of nitrogens with zero attached hydrogens (tertiary/aromatic N) is 7. The number of aromatic nitrogens is 5. The lowest BCUT2D eigenvalue weighted by Crippen LogP contribution is -2.51. The maximum atomic E-state index is 13.0. The molecular formula is C21H22FN7O. The third kappa shape index (κ3) is 3.20. The average Bonchev–Trinajstić information content (AvgIpc) is 3.16. The highest BCUT2D eigenvalue weighted by Crippen LogP contribution is 2.28. The number of rotatable bonds is 3. The van der Waals surface area contributed by atoms with Crippen molar-refractivity contribution >= 4 is 11.7 Å². The molecule has 1 amide bonds. The minimum Gasteiger partial charge on any atom is -0.350 e. The second kappa shape index (κ2) is 7.16. The number of hydrogen-bond donors (Lipinski definition) is 0. The highest BCUT2D eigenvalue weighted by Gasteiger charge is 2.32. The monoisotopic (exact) mass is 407 g/mol. The van der Waals surface area contributed by atoms with E-state index in [2.05, 4.69) is 31.2 Å². The number of carbonyl (C=O) groups is 1. The minimum absolute atomic E-state index is 0.135. The lowest BCUT2D eigenvalue weighted by molar-refractivity contribution is 0.0393. The van der Waals surface area contributed by atoms with Gasteiger partial charge in [-0.15, -0.1) is 10.2 Å². The molecular weight excluding hydrogens is 385 g/mol. The SMILES string of the molecule is Cc1cc(C(=O)N2CC(F)C2)nnc1N1CCc2ncc(-c3ccnn3C)cc2C1. The van der Waals surface area contributed by atoms with Crippen molar-refractivity contribution in [1.29, 1.82) is 0 Å². The Bertz CT molecular complexity index is 1120. The highest BCUT2D eigenvalue weighted by molar-refractivity contribution is 5.93. The van der Waals surface area contributed by atoms with Gasteiger partial charge in [0.2, 0.25) is 0 Å². The Morgan fingerprint density at radius 3 is 2.77 bits per heavy atom. The van der Waals surface area contributed by atoms with Crippen molar-refractivity contribution in [3.8, 4) is 11.3 Å². The van der Waals surface area contributed by atoms with Crippen molar-refractivity contribution in [2.24, 2.45) is 7.05 Å². The van der Waals surface area contributed by atoms with Crippen molar-refractivity contribution in [1.82, 2.24) is 29.9 Å². The van der Waals surface area contributed by atoms with E-state index in [0.717, 1.165) is 46.9 Å². The van der Waals surface area contributed by atoms with Crippen LogP contribution in [0.25, 0.3) is 11.3 Å². The molecule has 0 spiro atoms. The molecule has 3 aromatic heterocycles. The summed E-state index contributed by atoms with van der Waals surface area (Å²) in [5.74, 6) is 0.496. The van der Waals surface area contributed by atoms with E-state index < -0.39 is 6.17 Å². The van der Waals surface area contributed by atoms with Crippen LogP contribution in [0.1, 0.15) is 27.3 Å². The molecule has 1 saturated heterocycles. The molecule has 0 saturated carbocycles. The molecule has 3 aromatic rings. The van der Waals surface area contributed by atoms with Crippen LogP contribution in [0.15, 0.2) is 30.6 Å². The first-order valence-electron chi connectivity index (χ1n) is 9.98. The summed E-state index contributed by atoms with van der Waals surface area (Å²) in [6, 6.07) is 5.87. The topological polar surface area (TPSA) is 80.0 Å². The van der Waals surface area contributed by atoms with E-state index in [1.807, 2.05) is 30.9 Å². The summed E-state index contributed by atoms with van der Waals surface area (Å²) in [6.07, 6.45) is 3.56. The molecule has 30 heavy (non-hydrogen) atoms. The second-order valence-electron chi connectivity index (χ2n) is 7.89. The van der Waals surface area contributed by atoms with Crippen LogP contribution in [-0.2, 0) is 20.0 Å². The van der Waals surface area contributed by atoms with Crippen LogP contribution in [0.3, 0.4) is 0 Å². The Labute approximate surface area is 173 Å². The summed E-state index contributed by atoms with van der Waals surface area (Å²) >= 11 is 0. The summed E-state index contributed by atoms with van der Waals surface area (Å²) < 4.78 is 14.9. The standard InChI is InChI=1S/C21H22FN7O/c1-13-7-18(21(30)29-11-16(22)12-29)25-26-20(13)28-6-4-17-15(10-28)8-14(9-23-17)19-3-5-24-27(19)2/h3,5,7-9,16H,4,6,10-12H2,1-2H3. The third-order valence-corrected chi connectivity index (χ3v) is 5.76. The smallest absolute Gasteiger partial charge is 0.274 e. The van der Waals surface area contributed by atoms with E-state index >= 15 is 0 Å². The lowest BCUT2D eigenvalue weighted by Gasteiger charge is -2.34. The molecule has 0 unspecified atom stereocenters. The van der Waals surface area contributed by atoms with Gasteiger partial charge in [-0.1, -0.05) is 0 Å². The third-order valence-electron chi connectivity index (χ3n) is 5.76. The van der Waals surface area contributed by atoms with E-state index in [1.54, 1.807) is 12.3 Å². The molecule has 0 aliphatic carbocycles. The van der Waals surface area contributed by atoms with Crippen LogP contribution in [0, 0.1) is 6.92 Å². The van der Waals surface area contributed by atoms with Crippen LogP contribution < -0.4 is 4.90 Å². The molecule has 1 fully saturated rings. The fraction of sp³-hybridized carbons (Fsp3) is 0.381. The van der Waals surface area contributed by atoms with Crippen molar-refractivity contribution in [2.75, 3.05) is 24.5 Å². The summed E-state index contributed by atoms with van der Waals surface area (Å²) in [5, 5.41) is 12.7. The zero-order valence-electron chi connectivity index (χ0n) is 16.9. The van der Waals surface area contributed by atoms with Crippen LogP contribution in [0.5, 0.6) is 0 Å². The van der Waals surface area contributed by atoms with Crippen LogP contribution in [-0.4, -0.2) is 61.6 Å². The summed E-state index contributed by atoms with van der Waals surface area (Å²) in [5.41, 5.74) is 5.43. The van der Waals surface area contributed by atoms with Crippen molar-refractivity contribution in [3.05, 3.63) is 53.1 Å². The second-order valence-corrected chi connectivity index (χ2v) is 7.89. The fourth-order valence-electron chi connectivity index (χ4n) is 4.05. The summed E-state index contributed by atoms with van der Waals surface area (Å²) in [7, 11) is 1.91. The molecule has 0 radical (unpaired) electrons. The van der Waals surface area contributed by atoms with Gasteiger partial charge in [0.15, 0.2) is 11.5 Å². The molecule has 5 rings (SSSR count). The Morgan fingerprint density at radius 2 is 2.07 bits per heavy atom. The molecule has 154 valence electrons. The number of fused-ring (bicyclic) bond motifs is 1. The highest BCUT2D eigenvalue weighted by atomic mass is 19.1. The van der Waals surface area contributed by atoms with Gasteiger partial charge in [-0.25, -0.2) is 4.39 Å². The van der Waals surface area contributed by atoms with E-state index in [-0.39, 0.29) is 24.7 Å². The number of hydrogen-bond acceptors (Lipinski definition) is 6. The molecule has 2 aliphatic rings. The van der Waals surface area contributed by atoms with Crippen LogP contribution in [0.4, 0.5) is 10.2 Å². The first-order valence-corrected chi connectivity index (χ1v) is 9.98. The van der Waals surface area contributed by atoms with Gasteiger partial charge in [0, 0.05) is 50.2 Å². The van der Waals surface area contributed by atoms with E-state index in [1.165, 1.54) is 4.90 Å². The van der Waals surface area contributed by atoms with Gasteiger partial charge in [-0.05, 0) is 36.2 Å². The van der Waals surface area contributed by atoms with Gasteiger partial charge >= 0.3 is 0 Å². The molecule has 0 atom stereocenters. The lowest BCUT2D eigenvalue weighted by atomic mass is 10.0. The number of pyridine rings is 1. The van der Waals surface area contributed by atoms with Gasteiger partial charge in [0.25, 0.3) is 5.91 Å². The van der Waals surface area contributed by atoms with E-state index in [0.29, 0.717) is 6.54 Å². The number of amides is 1. The molecule has 2 aliphatic heterocycles. The van der Waals surface area contributed by atoms with Gasteiger partial charge in [0.1, 0.15) is 6.17 Å². The molecule has 0 N–H and O–H groups in total. The molecule has 5 heterocycles. The van der Waals surface area contributed by atoms with Crippen LogP contribution >= 0.6 is 0 Å². The summed E-state index contributed by atoms with van der Waals surface area (Å²) in [4.78, 5) is 20.7.